The molecule has 5 nitrogen and oxygen atoms in total. The van der Waals surface area contributed by atoms with Gasteiger partial charge in [0.15, 0.2) is 0 Å². The van der Waals surface area contributed by atoms with Crippen LogP contribution in [0.2, 0.25) is 0 Å². The summed E-state index contributed by atoms with van der Waals surface area (Å²) >= 11 is 2.94. The molecule has 0 spiro atoms. The van der Waals surface area contributed by atoms with Crippen molar-refractivity contribution in [2.45, 2.75) is 11.8 Å². The van der Waals surface area contributed by atoms with Crippen molar-refractivity contribution in [1.82, 2.24) is 0 Å². The Morgan fingerprint density at radius 3 is 2.63 bits per heavy atom. The first-order chi connectivity index (χ1) is 12.9. The van der Waals surface area contributed by atoms with Crippen LogP contribution in [-0.2, 0) is 0 Å². The quantitative estimate of drug-likeness (QED) is 0.568. The second kappa shape index (κ2) is 8.02. The molecule has 1 amide bonds. The lowest BCUT2D eigenvalue weighted by molar-refractivity contribution is 0.0696. The van der Waals surface area contributed by atoms with Crippen molar-refractivity contribution >= 4 is 56.4 Å². The Hall–Kier alpha value is -2.51. The minimum atomic E-state index is -0.980. The van der Waals surface area contributed by atoms with Crippen molar-refractivity contribution in [3.8, 4) is 0 Å². The summed E-state index contributed by atoms with van der Waals surface area (Å²) in [6.07, 6.45) is 0. The Balaban J connectivity index is 1.92. The second-order valence-corrected chi connectivity index (χ2v) is 8.49. The predicted octanol–water partition coefficient (Wildman–Crippen LogP) is 5.03. The molecule has 0 saturated carbocycles. The number of benzene rings is 2. The lowest BCUT2D eigenvalue weighted by Gasteiger charge is -2.13. The van der Waals surface area contributed by atoms with Gasteiger partial charge < -0.3 is 15.3 Å². The van der Waals surface area contributed by atoms with Crippen LogP contribution in [0.1, 0.15) is 27.0 Å². The van der Waals surface area contributed by atoms with Crippen LogP contribution < -0.4 is 10.2 Å². The molecule has 1 aromatic heterocycles. The Labute approximate surface area is 166 Å². The van der Waals surface area contributed by atoms with Crippen LogP contribution in [0.3, 0.4) is 0 Å². The first-order valence-corrected chi connectivity index (χ1v) is 10.2. The highest BCUT2D eigenvalue weighted by atomic mass is 32.2. The van der Waals surface area contributed by atoms with Crippen LogP contribution in [-0.4, -0.2) is 36.8 Å². The molecule has 1 heterocycles. The molecule has 0 bridgehead atoms. The van der Waals surface area contributed by atoms with Gasteiger partial charge in [0.1, 0.15) is 0 Å². The number of carbonyl (C=O) groups excluding carboxylic acids is 1. The van der Waals surface area contributed by atoms with E-state index >= 15 is 0 Å². The van der Waals surface area contributed by atoms with Gasteiger partial charge >= 0.3 is 5.97 Å². The molecule has 0 unspecified atom stereocenters. The summed E-state index contributed by atoms with van der Waals surface area (Å²) in [6, 6.07) is 12.7. The third kappa shape index (κ3) is 4.09. The van der Waals surface area contributed by atoms with Crippen LogP contribution in [0.5, 0.6) is 0 Å². The molecule has 0 radical (unpaired) electrons. The number of aromatic carboxylic acids is 1. The van der Waals surface area contributed by atoms with Gasteiger partial charge in [-0.25, -0.2) is 4.79 Å². The lowest BCUT2D eigenvalue weighted by atomic mass is 10.2. The number of thioether (sulfide) groups is 1. The Kier molecular flexibility index (Phi) is 5.72. The fourth-order valence-electron chi connectivity index (χ4n) is 2.76. The maximum Gasteiger partial charge on any atom is 0.335 e. The Morgan fingerprint density at radius 1 is 1.19 bits per heavy atom. The topological polar surface area (TPSA) is 69.6 Å². The Bertz CT molecular complexity index is 1010. The molecule has 0 fully saturated rings. The number of nitrogens with one attached hydrogen (secondary N) is 1. The number of fused-ring (bicyclic) bond motifs is 1. The van der Waals surface area contributed by atoms with E-state index in [-0.39, 0.29) is 11.5 Å². The summed E-state index contributed by atoms with van der Waals surface area (Å²) in [5.74, 6) is -0.394. The van der Waals surface area contributed by atoms with E-state index in [0.717, 1.165) is 26.4 Å². The minimum absolute atomic E-state index is 0.193. The number of amides is 1. The zero-order valence-corrected chi connectivity index (χ0v) is 16.9. The van der Waals surface area contributed by atoms with Crippen molar-refractivity contribution in [2.75, 3.05) is 30.1 Å². The number of carbonyl (C=O) groups is 2. The molecule has 0 aliphatic heterocycles. The van der Waals surface area contributed by atoms with Gasteiger partial charge in [0.2, 0.25) is 0 Å². The van der Waals surface area contributed by atoms with Crippen molar-refractivity contribution in [1.29, 1.82) is 0 Å². The summed E-state index contributed by atoms with van der Waals surface area (Å²) in [4.78, 5) is 27.4. The van der Waals surface area contributed by atoms with E-state index in [1.165, 1.54) is 29.2 Å². The Morgan fingerprint density at radius 2 is 1.96 bits per heavy atom. The van der Waals surface area contributed by atoms with E-state index in [1.807, 2.05) is 50.2 Å². The summed E-state index contributed by atoms with van der Waals surface area (Å²) in [5, 5.41) is 13.2. The zero-order chi connectivity index (χ0) is 19.6. The van der Waals surface area contributed by atoms with E-state index in [9.17, 15) is 14.7 Å². The lowest BCUT2D eigenvalue weighted by Crippen LogP contribution is -2.11. The average molecular weight is 401 g/mol. The third-order valence-electron chi connectivity index (χ3n) is 4.02. The molecular weight excluding hydrogens is 380 g/mol. The maximum absolute atomic E-state index is 12.8. The number of carboxylic acid groups (broad SMARTS) is 1. The van der Waals surface area contributed by atoms with Crippen LogP contribution in [0.25, 0.3) is 10.1 Å². The van der Waals surface area contributed by atoms with E-state index < -0.39 is 5.97 Å². The number of rotatable bonds is 6. The molecule has 2 N–H and O–H groups in total. The number of nitrogens with zero attached hydrogens (tertiary/aromatic N) is 1. The van der Waals surface area contributed by atoms with Crippen molar-refractivity contribution in [3.63, 3.8) is 0 Å². The molecule has 27 heavy (non-hydrogen) atoms. The van der Waals surface area contributed by atoms with Gasteiger partial charge in [-0.15, -0.1) is 23.1 Å². The van der Waals surface area contributed by atoms with E-state index in [1.54, 1.807) is 12.1 Å². The highest BCUT2D eigenvalue weighted by molar-refractivity contribution is 7.99. The minimum Gasteiger partial charge on any atom is -0.478 e. The van der Waals surface area contributed by atoms with Gasteiger partial charge in [-0.2, -0.15) is 0 Å². The van der Waals surface area contributed by atoms with E-state index in [2.05, 4.69) is 5.32 Å². The van der Waals surface area contributed by atoms with Crippen LogP contribution in [0, 0.1) is 0 Å². The first-order valence-electron chi connectivity index (χ1n) is 8.42. The normalized spacial score (nSPS) is 10.8. The van der Waals surface area contributed by atoms with Crippen molar-refractivity contribution < 1.29 is 14.7 Å². The van der Waals surface area contributed by atoms with Gasteiger partial charge in [0.05, 0.1) is 16.1 Å². The molecule has 0 saturated heterocycles. The summed E-state index contributed by atoms with van der Waals surface area (Å²) in [5.41, 5.74) is 1.90. The highest BCUT2D eigenvalue weighted by Gasteiger charge is 2.16. The zero-order valence-electron chi connectivity index (χ0n) is 15.3. The molecule has 3 rings (SSSR count). The van der Waals surface area contributed by atoms with Crippen LogP contribution in [0.15, 0.2) is 47.4 Å². The van der Waals surface area contributed by atoms with Crippen LogP contribution in [0.4, 0.5) is 11.4 Å². The standard InChI is InChI=1S/C20H20N2O3S2/c1-4-26-17-10-12(20(24)25)8-9-14(17)21-19(23)18-11-13-15(22(2)3)6-5-7-16(13)27-18/h5-11H,4H2,1-3H3,(H,21,23)(H,24,25). The fraction of sp³-hybridized carbons (Fsp3) is 0.200. The summed E-state index contributed by atoms with van der Waals surface area (Å²) in [6.45, 7) is 1.98. The summed E-state index contributed by atoms with van der Waals surface area (Å²) < 4.78 is 1.05. The second-order valence-electron chi connectivity index (χ2n) is 6.10. The van der Waals surface area contributed by atoms with Gasteiger partial charge in [-0.1, -0.05) is 13.0 Å². The van der Waals surface area contributed by atoms with Gasteiger partial charge in [0.25, 0.3) is 5.91 Å². The highest BCUT2D eigenvalue weighted by Crippen LogP contribution is 2.34. The molecule has 3 aromatic rings. The molecule has 7 heteroatoms. The van der Waals surface area contributed by atoms with Crippen LogP contribution >= 0.6 is 23.1 Å². The number of carboxylic acids is 1. The molecule has 0 aliphatic carbocycles. The number of hydrogen-bond donors (Lipinski definition) is 2. The molecule has 140 valence electrons. The smallest absolute Gasteiger partial charge is 0.335 e. The van der Waals surface area contributed by atoms with Gasteiger partial charge in [0, 0.05) is 34.8 Å². The number of anilines is 2. The first kappa shape index (κ1) is 19.3. The fourth-order valence-corrected chi connectivity index (χ4v) is 4.54. The van der Waals surface area contributed by atoms with Gasteiger partial charge in [-0.05, 0) is 42.2 Å². The largest absolute Gasteiger partial charge is 0.478 e. The van der Waals surface area contributed by atoms with E-state index in [4.69, 9.17) is 0 Å². The molecule has 2 aromatic carbocycles. The third-order valence-corrected chi connectivity index (χ3v) is 6.06. The van der Waals surface area contributed by atoms with Crippen molar-refractivity contribution in [3.05, 3.63) is 52.9 Å². The molecule has 0 atom stereocenters. The predicted molar refractivity (Wildman–Crippen MR) is 114 cm³/mol. The number of thiophene rings is 1. The average Bonchev–Trinajstić information content (AvgIpc) is 3.07. The van der Waals surface area contributed by atoms with E-state index in [0.29, 0.717) is 10.6 Å². The van der Waals surface area contributed by atoms with Gasteiger partial charge in [-0.3, -0.25) is 4.79 Å². The maximum atomic E-state index is 12.8. The number of hydrogen-bond acceptors (Lipinski definition) is 5. The summed E-state index contributed by atoms with van der Waals surface area (Å²) in [7, 11) is 3.95. The van der Waals surface area contributed by atoms with Crippen molar-refractivity contribution in [2.24, 2.45) is 0 Å². The SMILES string of the molecule is CCSc1cc(C(=O)O)ccc1NC(=O)c1cc2c(N(C)C)cccc2s1. The molecule has 0 aliphatic rings. The monoisotopic (exact) mass is 400 g/mol. The molecular formula is C20H20N2O3S2.